The topological polar surface area (TPSA) is 76.4 Å². The van der Waals surface area contributed by atoms with Crippen LogP contribution in [0.2, 0.25) is 0 Å². The van der Waals surface area contributed by atoms with Gasteiger partial charge < -0.3 is 9.64 Å². The van der Waals surface area contributed by atoms with Gasteiger partial charge in [-0.3, -0.25) is 4.90 Å². The van der Waals surface area contributed by atoms with Gasteiger partial charge in [0.25, 0.3) is 0 Å². The highest BCUT2D eigenvalue weighted by Crippen LogP contribution is 2.49. The number of amides is 1. The van der Waals surface area contributed by atoms with E-state index in [1.165, 1.54) is 4.80 Å². The molecule has 1 amide bonds. The summed E-state index contributed by atoms with van der Waals surface area (Å²) < 4.78 is 5.60. The van der Waals surface area contributed by atoms with Crippen molar-refractivity contribution >= 4 is 6.09 Å². The Morgan fingerprint density at radius 1 is 1.18 bits per heavy atom. The van der Waals surface area contributed by atoms with Gasteiger partial charge in [0.2, 0.25) is 0 Å². The molecule has 2 aromatic rings. The van der Waals surface area contributed by atoms with E-state index in [9.17, 15) is 4.79 Å². The van der Waals surface area contributed by atoms with Gasteiger partial charge in [0.1, 0.15) is 11.6 Å². The van der Waals surface area contributed by atoms with Crippen LogP contribution >= 0.6 is 0 Å². The Morgan fingerprint density at radius 3 is 2.46 bits per heavy atom. The van der Waals surface area contributed by atoms with Gasteiger partial charge in [-0.1, -0.05) is 30.3 Å². The third-order valence-electron chi connectivity index (χ3n) is 5.38. The Morgan fingerprint density at radius 2 is 1.89 bits per heavy atom. The maximum absolute atomic E-state index is 12.6. The largest absolute Gasteiger partial charge is 0.444 e. The summed E-state index contributed by atoms with van der Waals surface area (Å²) in [6.45, 7) is 7.75. The van der Waals surface area contributed by atoms with Crippen molar-refractivity contribution in [2.24, 2.45) is 7.05 Å². The van der Waals surface area contributed by atoms with Crippen molar-refractivity contribution < 1.29 is 9.53 Å². The SMILES string of the molecule is Cn1nnc(C(c2ccccc2)N2CCN(C(=O)OC(C)(C)C)CC23CC3)n1. The van der Waals surface area contributed by atoms with E-state index in [1.807, 2.05) is 43.9 Å². The Labute approximate surface area is 165 Å². The average molecular weight is 384 g/mol. The molecule has 0 radical (unpaired) electrons. The molecular weight excluding hydrogens is 356 g/mol. The molecule has 2 aliphatic rings. The summed E-state index contributed by atoms with van der Waals surface area (Å²) in [5.74, 6) is 0.700. The summed E-state index contributed by atoms with van der Waals surface area (Å²) >= 11 is 0. The van der Waals surface area contributed by atoms with Crippen LogP contribution in [-0.2, 0) is 11.8 Å². The molecule has 150 valence electrons. The zero-order valence-electron chi connectivity index (χ0n) is 17.0. The fraction of sp³-hybridized carbons (Fsp3) is 0.600. The molecule has 2 heterocycles. The first-order valence-corrected chi connectivity index (χ1v) is 9.81. The van der Waals surface area contributed by atoms with Crippen molar-refractivity contribution in [3.05, 3.63) is 41.7 Å². The molecule has 8 heteroatoms. The lowest BCUT2D eigenvalue weighted by Gasteiger charge is -2.45. The first kappa shape index (κ1) is 18.9. The van der Waals surface area contributed by atoms with Gasteiger partial charge in [-0.15, -0.1) is 10.2 Å². The van der Waals surface area contributed by atoms with Crippen molar-refractivity contribution in [2.75, 3.05) is 19.6 Å². The molecular formula is C20H28N6O2. The number of aromatic nitrogens is 4. The molecule has 1 aromatic carbocycles. The van der Waals surface area contributed by atoms with E-state index in [1.54, 1.807) is 7.05 Å². The minimum Gasteiger partial charge on any atom is -0.444 e. The zero-order valence-corrected chi connectivity index (χ0v) is 17.0. The number of benzene rings is 1. The summed E-state index contributed by atoms with van der Waals surface area (Å²) in [6, 6.07) is 10.2. The molecule has 1 aliphatic heterocycles. The molecule has 1 atom stereocenters. The van der Waals surface area contributed by atoms with Crippen LogP contribution in [0.15, 0.2) is 30.3 Å². The van der Waals surface area contributed by atoms with Crippen LogP contribution in [0.25, 0.3) is 0 Å². The molecule has 1 spiro atoms. The number of carbonyl (C=O) groups is 1. The van der Waals surface area contributed by atoms with E-state index in [-0.39, 0.29) is 17.7 Å². The van der Waals surface area contributed by atoms with Crippen molar-refractivity contribution in [2.45, 2.75) is 50.8 Å². The number of piperazine rings is 1. The molecule has 28 heavy (non-hydrogen) atoms. The minimum atomic E-state index is -0.485. The molecule has 1 aromatic heterocycles. The number of hydrogen-bond acceptors (Lipinski definition) is 6. The average Bonchev–Trinajstić information content (AvgIpc) is 3.27. The summed E-state index contributed by atoms with van der Waals surface area (Å²) in [6.07, 6.45) is 1.87. The smallest absolute Gasteiger partial charge is 0.410 e. The standard InChI is InChI=1S/C20H28N6O2/c1-19(2,3)28-18(27)25-12-13-26(20(14-25)10-11-20)16(15-8-6-5-7-9-15)17-21-23-24(4)22-17/h5-9,16H,10-14H2,1-4H3. The van der Waals surface area contributed by atoms with E-state index < -0.39 is 5.60 Å². The van der Waals surface area contributed by atoms with Crippen molar-refractivity contribution in [3.63, 3.8) is 0 Å². The summed E-state index contributed by atoms with van der Waals surface area (Å²) in [5, 5.41) is 12.9. The first-order chi connectivity index (χ1) is 13.3. The van der Waals surface area contributed by atoms with E-state index in [0.717, 1.165) is 24.9 Å². The summed E-state index contributed by atoms with van der Waals surface area (Å²) in [7, 11) is 1.78. The molecule has 1 saturated carbocycles. The number of rotatable bonds is 3. The van der Waals surface area contributed by atoms with Gasteiger partial charge in [-0.2, -0.15) is 4.80 Å². The van der Waals surface area contributed by atoms with Gasteiger partial charge in [0, 0.05) is 25.2 Å². The second-order valence-electron chi connectivity index (χ2n) is 8.77. The second kappa shape index (κ2) is 6.84. The highest BCUT2D eigenvalue weighted by Gasteiger charge is 2.55. The molecule has 4 rings (SSSR count). The van der Waals surface area contributed by atoms with Crippen LogP contribution in [0, 0.1) is 0 Å². The fourth-order valence-electron chi connectivity index (χ4n) is 3.98. The first-order valence-electron chi connectivity index (χ1n) is 9.81. The monoisotopic (exact) mass is 384 g/mol. The lowest BCUT2D eigenvalue weighted by molar-refractivity contribution is -0.00812. The van der Waals surface area contributed by atoms with Gasteiger partial charge in [0.15, 0.2) is 5.82 Å². The van der Waals surface area contributed by atoms with Crippen LogP contribution in [0.1, 0.15) is 51.0 Å². The van der Waals surface area contributed by atoms with Crippen molar-refractivity contribution in [1.29, 1.82) is 0 Å². The molecule has 0 bridgehead atoms. The Bertz CT molecular complexity index is 840. The maximum atomic E-state index is 12.6. The number of nitrogens with zero attached hydrogens (tertiary/aromatic N) is 6. The number of tetrazole rings is 1. The molecule has 1 unspecified atom stereocenters. The number of ether oxygens (including phenoxy) is 1. The predicted octanol–water partition coefficient (Wildman–Crippen LogP) is 2.38. The van der Waals surface area contributed by atoms with E-state index in [0.29, 0.717) is 18.9 Å². The number of carbonyl (C=O) groups excluding carboxylic acids is 1. The fourth-order valence-corrected chi connectivity index (χ4v) is 3.98. The van der Waals surface area contributed by atoms with E-state index in [4.69, 9.17) is 4.74 Å². The third kappa shape index (κ3) is 3.73. The lowest BCUT2D eigenvalue weighted by atomic mass is 9.99. The molecule has 1 aliphatic carbocycles. The number of hydrogen-bond donors (Lipinski definition) is 0. The Kier molecular flexibility index (Phi) is 4.61. The van der Waals surface area contributed by atoms with Gasteiger partial charge in [-0.05, 0) is 44.4 Å². The zero-order chi connectivity index (χ0) is 19.9. The highest BCUT2D eigenvalue weighted by molar-refractivity contribution is 5.68. The van der Waals surface area contributed by atoms with E-state index in [2.05, 4.69) is 32.4 Å². The van der Waals surface area contributed by atoms with Crippen LogP contribution in [0.5, 0.6) is 0 Å². The lowest BCUT2D eigenvalue weighted by Crippen LogP contribution is -2.58. The third-order valence-corrected chi connectivity index (χ3v) is 5.38. The minimum absolute atomic E-state index is 0.0468. The Balaban J connectivity index is 1.60. The van der Waals surface area contributed by atoms with Crippen LogP contribution in [0.4, 0.5) is 4.79 Å². The highest BCUT2D eigenvalue weighted by atomic mass is 16.6. The van der Waals surface area contributed by atoms with Crippen LogP contribution < -0.4 is 0 Å². The number of aryl methyl sites for hydroxylation is 1. The van der Waals surface area contributed by atoms with Gasteiger partial charge in [0.05, 0.1) is 7.05 Å². The molecule has 0 N–H and O–H groups in total. The van der Waals surface area contributed by atoms with E-state index >= 15 is 0 Å². The molecule has 1 saturated heterocycles. The van der Waals surface area contributed by atoms with Crippen molar-refractivity contribution in [1.82, 2.24) is 30.0 Å². The predicted molar refractivity (Wildman–Crippen MR) is 104 cm³/mol. The van der Waals surface area contributed by atoms with Crippen LogP contribution in [0.3, 0.4) is 0 Å². The summed E-state index contributed by atoms with van der Waals surface area (Å²) in [5.41, 5.74) is 0.614. The maximum Gasteiger partial charge on any atom is 0.410 e. The normalized spacial score (nSPS) is 20.2. The second-order valence-corrected chi connectivity index (χ2v) is 8.77. The molecule has 8 nitrogen and oxygen atoms in total. The van der Waals surface area contributed by atoms with Gasteiger partial charge >= 0.3 is 6.09 Å². The van der Waals surface area contributed by atoms with Crippen LogP contribution in [-0.4, -0.2) is 66.9 Å². The Hall–Kier alpha value is -2.48. The summed E-state index contributed by atoms with van der Waals surface area (Å²) in [4.78, 5) is 18.4. The quantitative estimate of drug-likeness (QED) is 0.809. The van der Waals surface area contributed by atoms with Crippen molar-refractivity contribution in [3.8, 4) is 0 Å². The molecule has 2 fully saturated rings. The van der Waals surface area contributed by atoms with Gasteiger partial charge in [-0.25, -0.2) is 4.79 Å².